The van der Waals surface area contributed by atoms with E-state index < -0.39 is 13.0 Å². The van der Waals surface area contributed by atoms with Gasteiger partial charge in [-0.05, 0) is 23.8 Å². The largest absolute Gasteiger partial charge is 0.493 e. The van der Waals surface area contributed by atoms with Crippen molar-refractivity contribution in [2.45, 2.75) is 19.5 Å². The fourth-order valence-electron chi connectivity index (χ4n) is 2.18. The molecule has 154 valence electrons. The number of nitrogens with two attached hydrogens (primary N) is 1. The van der Waals surface area contributed by atoms with Gasteiger partial charge in [0.05, 0.1) is 33.0 Å². The normalized spacial score (nSPS) is 11.0. The van der Waals surface area contributed by atoms with Crippen LogP contribution >= 0.6 is 24.0 Å². The topological polar surface area (TPSA) is 91.0 Å². The number of benzene rings is 1. The predicted molar refractivity (Wildman–Crippen MR) is 113 cm³/mol. The molecule has 0 atom stereocenters. The summed E-state index contributed by atoms with van der Waals surface area (Å²) in [6, 6.07) is 10.4. The molecule has 3 N–H and O–H groups in total. The lowest BCUT2D eigenvalue weighted by atomic mass is 10.2. The molecule has 0 saturated heterocycles. The van der Waals surface area contributed by atoms with Crippen molar-refractivity contribution in [1.82, 2.24) is 10.3 Å². The second-order valence-electron chi connectivity index (χ2n) is 5.41. The number of methoxy groups -OCH3 is 2. The Kier molecular flexibility index (Phi) is 10.3. The Morgan fingerprint density at radius 1 is 1.18 bits per heavy atom. The van der Waals surface area contributed by atoms with E-state index >= 15 is 0 Å². The predicted octanol–water partition coefficient (Wildman–Crippen LogP) is 2.97. The van der Waals surface area contributed by atoms with Crippen molar-refractivity contribution < 1.29 is 23.0 Å². The number of nitrogens with zero attached hydrogens (tertiary/aromatic N) is 2. The number of aromatic nitrogens is 1. The minimum absolute atomic E-state index is 0. The van der Waals surface area contributed by atoms with Gasteiger partial charge in [-0.15, -0.1) is 24.0 Å². The van der Waals surface area contributed by atoms with Crippen LogP contribution in [0.4, 0.5) is 8.78 Å². The SMILES string of the molecule is COc1ccc(CN=C(N)NCc2cccc(OCC(F)F)n2)cc1OC.I. The molecule has 0 aliphatic carbocycles. The lowest BCUT2D eigenvalue weighted by molar-refractivity contribution is 0.0795. The zero-order valence-corrected chi connectivity index (χ0v) is 17.9. The maximum atomic E-state index is 12.2. The Morgan fingerprint density at radius 2 is 1.93 bits per heavy atom. The van der Waals surface area contributed by atoms with Crippen molar-refractivity contribution in [1.29, 1.82) is 0 Å². The maximum Gasteiger partial charge on any atom is 0.272 e. The van der Waals surface area contributed by atoms with Crippen LogP contribution in [0.2, 0.25) is 0 Å². The van der Waals surface area contributed by atoms with Crippen LogP contribution in [0.15, 0.2) is 41.4 Å². The Balaban J connectivity index is 0.00000392. The van der Waals surface area contributed by atoms with Gasteiger partial charge in [0.1, 0.15) is 0 Å². The van der Waals surface area contributed by atoms with Crippen LogP contribution in [0.3, 0.4) is 0 Å². The van der Waals surface area contributed by atoms with Gasteiger partial charge >= 0.3 is 0 Å². The van der Waals surface area contributed by atoms with Crippen LogP contribution in [-0.4, -0.2) is 38.2 Å². The first-order chi connectivity index (χ1) is 13.0. The van der Waals surface area contributed by atoms with E-state index in [1.807, 2.05) is 12.1 Å². The molecule has 0 fully saturated rings. The maximum absolute atomic E-state index is 12.2. The highest BCUT2D eigenvalue weighted by atomic mass is 127. The van der Waals surface area contributed by atoms with Crippen LogP contribution < -0.4 is 25.3 Å². The van der Waals surface area contributed by atoms with Crippen LogP contribution in [0.25, 0.3) is 0 Å². The van der Waals surface area contributed by atoms with Crippen molar-refractivity contribution in [3.05, 3.63) is 47.7 Å². The molecule has 2 rings (SSSR count). The zero-order chi connectivity index (χ0) is 19.6. The number of aliphatic imine (C=N–C) groups is 1. The van der Waals surface area contributed by atoms with Crippen LogP contribution in [0.5, 0.6) is 17.4 Å². The third-order valence-corrected chi connectivity index (χ3v) is 3.47. The van der Waals surface area contributed by atoms with Gasteiger partial charge in [0.15, 0.2) is 24.1 Å². The minimum atomic E-state index is -2.55. The molecule has 1 heterocycles. The van der Waals surface area contributed by atoms with Gasteiger partial charge in [-0.3, -0.25) is 0 Å². The summed E-state index contributed by atoms with van der Waals surface area (Å²) in [4.78, 5) is 8.37. The standard InChI is InChI=1S/C18H22F2N4O3.HI/c1-25-14-7-6-12(8-15(14)26-2)9-22-18(21)23-10-13-4-3-5-17(24-13)27-11-16(19)20;/h3-8,16H,9-11H2,1-2H3,(H3,21,22,23);1H. The summed E-state index contributed by atoms with van der Waals surface area (Å²) in [5, 5.41) is 2.92. The molecule has 10 heteroatoms. The van der Waals surface area contributed by atoms with E-state index in [4.69, 9.17) is 19.9 Å². The molecule has 0 amide bonds. The van der Waals surface area contributed by atoms with Crippen molar-refractivity contribution in [3.63, 3.8) is 0 Å². The molecule has 0 radical (unpaired) electrons. The number of alkyl halides is 2. The lowest BCUT2D eigenvalue weighted by Crippen LogP contribution is -2.31. The Bertz CT molecular complexity index is 778. The van der Waals surface area contributed by atoms with Crippen LogP contribution in [0, 0.1) is 0 Å². The molecular weight excluding hydrogens is 485 g/mol. The number of hydrogen-bond acceptors (Lipinski definition) is 5. The summed E-state index contributed by atoms with van der Waals surface area (Å²) in [6.07, 6.45) is -2.55. The molecule has 0 spiro atoms. The fraction of sp³-hybridized carbons (Fsp3) is 0.333. The minimum Gasteiger partial charge on any atom is -0.493 e. The number of nitrogens with one attached hydrogen (secondary N) is 1. The number of guanidine groups is 1. The molecule has 7 nitrogen and oxygen atoms in total. The van der Waals surface area contributed by atoms with Crippen LogP contribution in [0.1, 0.15) is 11.3 Å². The summed E-state index contributed by atoms with van der Waals surface area (Å²) in [6.45, 7) is -0.0594. The van der Waals surface area contributed by atoms with Gasteiger partial charge in [-0.1, -0.05) is 12.1 Å². The Morgan fingerprint density at radius 3 is 2.61 bits per heavy atom. The first-order valence-corrected chi connectivity index (χ1v) is 8.13. The smallest absolute Gasteiger partial charge is 0.272 e. The van der Waals surface area contributed by atoms with E-state index in [1.165, 1.54) is 6.07 Å². The van der Waals surface area contributed by atoms with Gasteiger partial charge in [-0.25, -0.2) is 18.8 Å². The van der Waals surface area contributed by atoms with Gasteiger partial charge in [0.25, 0.3) is 6.43 Å². The molecule has 28 heavy (non-hydrogen) atoms. The summed E-state index contributed by atoms with van der Waals surface area (Å²) >= 11 is 0. The summed E-state index contributed by atoms with van der Waals surface area (Å²) < 4.78 is 39.7. The van der Waals surface area contributed by atoms with Crippen molar-refractivity contribution in [2.75, 3.05) is 20.8 Å². The molecule has 0 saturated carbocycles. The highest BCUT2D eigenvalue weighted by molar-refractivity contribution is 14.0. The fourth-order valence-corrected chi connectivity index (χ4v) is 2.18. The summed E-state index contributed by atoms with van der Waals surface area (Å²) in [5.41, 5.74) is 7.35. The highest BCUT2D eigenvalue weighted by Crippen LogP contribution is 2.27. The van der Waals surface area contributed by atoms with E-state index in [0.29, 0.717) is 23.7 Å². The van der Waals surface area contributed by atoms with E-state index in [1.54, 1.807) is 32.4 Å². The Labute approximate surface area is 179 Å². The lowest BCUT2D eigenvalue weighted by Gasteiger charge is -2.09. The third-order valence-electron chi connectivity index (χ3n) is 3.47. The number of halogens is 3. The van der Waals surface area contributed by atoms with Gasteiger partial charge in [0.2, 0.25) is 5.88 Å². The number of pyridine rings is 1. The van der Waals surface area contributed by atoms with Crippen molar-refractivity contribution >= 4 is 29.9 Å². The molecule has 1 aromatic carbocycles. The quantitative estimate of drug-likeness (QED) is 0.308. The van der Waals surface area contributed by atoms with E-state index in [-0.39, 0.29) is 42.4 Å². The zero-order valence-electron chi connectivity index (χ0n) is 15.5. The molecule has 1 aromatic heterocycles. The molecule has 0 unspecified atom stereocenters. The molecule has 0 bridgehead atoms. The average molecular weight is 508 g/mol. The number of rotatable bonds is 9. The Hall–Kier alpha value is -2.37. The summed E-state index contributed by atoms with van der Waals surface area (Å²) in [7, 11) is 3.13. The van der Waals surface area contributed by atoms with E-state index in [0.717, 1.165) is 5.56 Å². The molecule has 2 aromatic rings. The van der Waals surface area contributed by atoms with Crippen molar-refractivity contribution in [3.8, 4) is 17.4 Å². The molecule has 0 aliphatic rings. The van der Waals surface area contributed by atoms with Crippen LogP contribution in [-0.2, 0) is 13.1 Å². The van der Waals surface area contributed by atoms with E-state index in [2.05, 4.69) is 15.3 Å². The average Bonchev–Trinajstić information content (AvgIpc) is 2.69. The highest BCUT2D eigenvalue weighted by Gasteiger charge is 2.06. The first-order valence-electron chi connectivity index (χ1n) is 8.13. The first kappa shape index (κ1) is 23.7. The van der Waals surface area contributed by atoms with Crippen molar-refractivity contribution in [2.24, 2.45) is 10.7 Å². The summed E-state index contributed by atoms with van der Waals surface area (Å²) in [5.74, 6) is 1.61. The third kappa shape index (κ3) is 7.71. The molecule has 0 aliphatic heterocycles. The molecular formula is C18H23F2IN4O3. The van der Waals surface area contributed by atoms with Gasteiger partial charge in [-0.2, -0.15) is 0 Å². The van der Waals surface area contributed by atoms with Gasteiger partial charge < -0.3 is 25.3 Å². The monoisotopic (exact) mass is 508 g/mol. The van der Waals surface area contributed by atoms with E-state index in [9.17, 15) is 8.78 Å². The number of hydrogen-bond donors (Lipinski definition) is 2. The second-order valence-corrected chi connectivity index (χ2v) is 5.41. The second kappa shape index (κ2) is 12.2. The van der Waals surface area contributed by atoms with Gasteiger partial charge in [0, 0.05) is 6.07 Å². The number of ether oxygens (including phenoxy) is 3.